The minimum Gasteiger partial charge on any atom is -0.406 e. The van der Waals surface area contributed by atoms with E-state index in [0.717, 1.165) is 30.7 Å². The molecule has 2 aromatic rings. The summed E-state index contributed by atoms with van der Waals surface area (Å²) in [6.07, 6.45) is -1.90. The Balaban J connectivity index is 1.45. The number of nitrogens with one attached hydrogen (secondary N) is 1. The van der Waals surface area contributed by atoms with Gasteiger partial charge in [0, 0.05) is 30.7 Å². The minimum absolute atomic E-state index is 0.00626. The molecular weight excluding hydrogens is 462 g/mol. The Hall–Kier alpha value is -3.64. The molecule has 4 rings (SSSR count). The van der Waals surface area contributed by atoms with Gasteiger partial charge in [0.25, 0.3) is 0 Å². The molecule has 3 N–H and O–H groups in total. The molecule has 4 amide bonds. The first-order valence-corrected chi connectivity index (χ1v) is 10.6. The van der Waals surface area contributed by atoms with E-state index in [1.807, 2.05) is 0 Å². The topological polar surface area (TPSA) is 114 Å². The van der Waals surface area contributed by atoms with Gasteiger partial charge in [-0.25, -0.2) is 14.5 Å². The number of nitrogens with two attached hydrogens (primary N) is 1. The molecule has 9 nitrogen and oxygen atoms in total. The number of urea groups is 2. The highest BCUT2D eigenvalue weighted by molar-refractivity contribution is 5.90. The number of benzene rings is 1. The predicted octanol–water partition coefficient (Wildman–Crippen LogP) is 3.38. The first kappa shape index (κ1) is 23.5. The van der Waals surface area contributed by atoms with Crippen LogP contribution in [0.1, 0.15) is 31.4 Å². The lowest BCUT2D eigenvalue weighted by atomic mass is 10.1. The van der Waals surface area contributed by atoms with E-state index in [0.29, 0.717) is 25.5 Å². The lowest BCUT2D eigenvalue weighted by molar-refractivity contribution is -0.447. The summed E-state index contributed by atoms with van der Waals surface area (Å²) < 4.78 is 61.7. The molecule has 1 saturated carbocycles. The van der Waals surface area contributed by atoms with Gasteiger partial charge < -0.3 is 19.9 Å². The Kier molecular flexibility index (Phi) is 6.44. The largest absolute Gasteiger partial charge is 0.573 e. The molecule has 1 aliphatic heterocycles. The maximum absolute atomic E-state index is 13.8. The van der Waals surface area contributed by atoms with E-state index in [4.69, 9.17) is 10.3 Å². The van der Waals surface area contributed by atoms with Gasteiger partial charge in [-0.3, -0.25) is 0 Å². The fraction of sp³-hybridized carbons (Fsp3) is 0.429. The number of carbonyl (C=O) groups excluding carboxylic acids is 2. The molecule has 182 valence electrons. The maximum atomic E-state index is 13.8. The second kappa shape index (κ2) is 9.31. The monoisotopic (exact) mass is 484 g/mol. The van der Waals surface area contributed by atoms with E-state index < -0.39 is 24.0 Å². The zero-order chi connectivity index (χ0) is 24.5. The highest BCUT2D eigenvalue weighted by Gasteiger charge is 2.38. The van der Waals surface area contributed by atoms with Crippen LogP contribution in [0.15, 0.2) is 28.8 Å². The number of alkyl halides is 3. The van der Waals surface area contributed by atoms with Crippen molar-refractivity contribution in [2.24, 2.45) is 5.73 Å². The number of rotatable bonds is 5. The van der Waals surface area contributed by atoms with Crippen LogP contribution in [0.3, 0.4) is 0 Å². The Bertz CT molecular complexity index is 1130. The summed E-state index contributed by atoms with van der Waals surface area (Å²) in [5.74, 6) is -1.67. The first-order valence-electron chi connectivity index (χ1n) is 10.6. The summed E-state index contributed by atoms with van der Waals surface area (Å²) in [6.45, 7) is 0.797. The number of nitrogens with zero attached hydrogens (tertiary/aromatic N) is 3. The number of likely N-dealkylation sites (tertiary alicyclic amines) is 1. The van der Waals surface area contributed by atoms with Crippen LogP contribution >= 0.6 is 0 Å². The third-order valence-corrected chi connectivity index (χ3v) is 5.42. The van der Waals surface area contributed by atoms with Crippen LogP contribution in [0.2, 0.25) is 0 Å². The Morgan fingerprint density at radius 1 is 1.26 bits per heavy atom. The normalized spacial score (nSPS) is 17.9. The Morgan fingerprint density at radius 3 is 2.71 bits per heavy atom. The van der Waals surface area contributed by atoms with Crippen molar-refractivity contribution < 1.29 is 41.0 Å². The molecule has 1 aromatic heterocycles. The number of amides is 4. The van der Waals surface area contributed by atoms with Crippen molar-refractivity contribution in [3.05, 3.63) is 35.8 Å². The molecule has 2 heterocycles. The lowest BCUT2D eigenvalue weighted by Crippen LogP contribution is -2.48. The molecule has 34 heavy (non-hydrogen) atoms. The van der Waals surface area contributed by atoms with Crippen LogP contribution in [0.25, 0.3) is 11.3 Å². The fourth-order valence-electron chi connectivity index (χ4n) is 3.82. The second-order valence-electron chi connectivity index (χ2n) is 8.10. The Morgan fingerprint density at radius 2 is 2.03 bits per heavy atom. The standard InChI is InChI=1S/C21H21F4N5O4/c22-13-6-12(7-17(8-13)33-21(23,24)25)18-9-14(28-34-18)10-27-20(32)30(15-3-4-15)16-2-1-5-29(11-16)19(26)31/h6-9,15H,1-5,10-11H2,(H2-,26,27,31,32)/p+1/b30-16-. The zero-order valence-electron chi connectivity index (χ0n) is 17.9. The number of carbonyl (C=O) groups is 2. The first-order chi connectivity index (χ1) is 16.1. The quantitative estimate of drug-likeness (QED) is 0.499. The average molecular weight is 484 g/mol. The van der Waals surface area contributed by atoms with Gasteiger partial charge in [0.1, 0.15) is 35.6 Å². The van der Waals surface area contributed by atoms with Crippen LogP contribution in [0.5, 0.6) is 5.75 Å². The van der Waals surface area contributed by atoms with Crippen molar-refractivity contribution >= 4 is 17.8 Å². The summed E-state index contributed by atoms with van der Waals surface area (Å²) in [5, 5.41) is 6.54. The molecule has 1 aromatic carbocycles. The molecular formula is C21H22F4N5O4+. The van der Waals surface area contributed by atoms with Gasteiger partial charge in [0.2, 0.25) is 0 Å². The van der Waals surface area contributed by atoms with Gasteiger partial charge in [-0.2, -0.15) is 9.37 Å². The van der Waals surface area contributed by atoms with E-state index in [1.165, 1.54) is 11.0 Å². The molecule has 2 fully saturated rings. The number of halogens is 4. The minimum atomic E-state index is -4.97. The summed E-state index contributed by atoms with van der Waals surface area (Å²) in [5.41, 5.74) is 6.47. The van der Waals surface area contributed by atoms with E-state index in [-0.39, 0.29) is 42.2 Å². The van der Waals surface area contributed by atoms with Crippen LogP contribution in [-0.4, -0.2) is 57.9 Å². The third-order valence-electron chi connectivity index (χ3n) is 5.42. The Labute approximate surface area is 191 Å². The number of piperidine rings is 1. The number of aromatic nitrogens is 1. The molecule has 1 aliphatic carbocycles. The van der Waals surface area contributed by atoms with Gasteiger partial charge in [0.05, 0.1) is 6.54 Å². The van der Waals surface area contributed by atoms with Crippen molar-refractivity contribution in [1.82, 2.24) is 15.4 Å². The fourth-order valence-corrected chi connectivity index (χ4v) is 3.82. The summed E-state index contributed by atoms with van der Waals surface area (Å²) in [4.78, 5) is 25.9. The van der Waals surface area contributed by atoms with E-state index >= 15 is 0 Å². The molecule has 2 aliphatic rings. The van der Waals surface area contributed by atoms with Crippen LogP contribution in [0.4, 0.5) is 27.2 Å². The zero-order valence-corrected chi connectivity index (χ0v) is 17.9. The predicted molar refractivity (Wildman–Crippen MR) is 109 cm³/mol. The van der Waals surface area contributed by atoms with Crippen LogP contribution in [0, 0.1) is 5.82 Å². The number of primary amides is 1. The maximum Gasteiger partial charge on any atom is 0.573 e. The van der Waals surface area contributed by atoms with Gasteiger partial charge in [-0.15, -0.1) is 13.2 Å². The highest BCUT2D eigenvalue weighted by atomic mass is 19.4. The van der Waals surface area contributed by atoms with Gasteiger partial charge >= 0.3 is 18.4 Å². The van der Waals surface area contributed by atoms with Crippen molar-refractivity contribution in [2.45, 2.75) is 44.6 Å². The average Bonchev–Trinajstić information content (AvgIpc) is 3.46. The van der Waals surface area contributed by atoms with Crippen LogP contribution in [-0.2, 0) is 6.54 Å². The number of hydrogen-bond acceptors (Lipinski definition) is 5. The van der Waals surface area contributed by atoms with Crippen molar-refractivity contribution in [3.8, 4) is 17.1 Å². The molecule has 0 unspecified atom stereocenters. The second-order valence-corrected chi connectivity index (χ2v) is 8.10. The van der Waals surface area contributed by atoms with Crippen molar-refractivity contribution in [2.75, 3.05) is 13.1 Å². The number of ether oxygens (including phenoxy) is 1. The molecule has 13 heteroatoms. The highest BCUT2D eigenvalue weighted by Crippen LogP contribution is 2.30. The van der Waals surface area contributed by atoms with E-state index in [2.05, 4.69) is 15.2 Å². The van der Waals surface area contributed by atoms with Crippen molar-refractivity contribution in [1.29, 1.82) is 0 Å². The smallest absolute Gasteiger partial charge is 0.406 e. The summed E-state index contributed by atoms with van der Waals surface area (Å²) >= 11 is 0. The molecule has 0 atom stereocenters. The third kappa shape index (κ3) is 5.83. The molecule has 0 radical (unpaired) electrons. The number of hydrogen-bond donors (Lipinski definition) is 2. The van der Waals surface area contributed by atoms with E-state index in [1.54, 1.807) is 4.58 Å². The van der Waals surface area contributed by atoms with Crippen molar-refractivity contribution in [3.63, 3.8) is 0 Å². The summed E-state index contributed by atoms with van der Waals surface area (Å²) in [6, 6.07) is 3.09. The van der Waals surface area contributed by atoms with Crippen LogP contribution < -0.4 is 15.8 Å². The van der Waals surface area contributed by atoms with E-state index in [9.17, 15) is 27.2 Å². The molecule has 0 spiro atoms. The SMILES string of the molecule is NC(=O)N1CCC/C(=[N+](/C(=O)NCc2cc(-c3cc(F)cc(OC(F)(F)F)c3)on2)C2CC2)C1. The van der Waals surface area contributed by atoms with Gasteiger partial charge in [0.15, 0.2) is 5.76 Å². The summed E-state index contributed by atoms with van der Waals surface area (Å²) in [7, 11) is 0. The molecule has 0 bridgehead atoms. The lowest BCUT2D eigenvalue weighted by Gasteiger charge is -2.26. The van der Waals surface area contributed by atoms with Gasteiger partial charge in [-0.1, -0.05) is 5.16 Å². The molecule has 1 saturated heterocycles. The van der Waals surface area contributed by atoms with Gasteiger partial charge in [-0.05, 0) is 31.4 Å².